The molecule has 0 aromatic heterocycles. The maximum Gasteiger partial charge on any atom is 0.410 e. The molecule has 262 valence electrons. The van der Waals surface area contributed by atoms with Gasteiger partial charge >= 0.3 is 18.0 Å². The zero-order valence-corrected chi connectivity index (χ0v) is 31.7. The molecule has 6 atom stereocenters. The van der Waals surface area contributed by atoms with E-state index < -0.39 is 48.4 Å². The second-order valence-electron chi connectivity index (χ2n) is 12.9. The molecule has 12 nitrogen and oxygen atoms in total. The lowest BCUT2D eigenvalue weighted by atomic mass is 9.91. The van der Waals surface area contributed by atoms with Crippen LogP contribution in [0, 0.1) is 11.8 Å². The third kappa shape index (κ3) is 19.1. The Kier molecular flexibility index (Phi) is 22.2. The number of carbonyl (C=O) groups excluding carboxylic acids is 5. The van der Waals surface area contributed by atoms with Crippen LogP contribution in [0.5, 0.6) is 0 Å². The number of rotatable bonds is 20. The number of Topliss-reactive ketones (excluding diaryl/α,β-unsaturated/α-hetero) is 1. The van der Waals surface area contributed by atoms with Crippen LogP contribution in [0.3, 0.4) is 0 Å². The average Bonchev–Trinajstić information content (AvgIpc) is 2.87. The molecule has 0 aromatic carbocycles. The molecule has 0 radical (unpaired) electrons. The Labute approximate surface area is 288 Å². The van der Waals surface area contributed by atoms with Gasteiger partial charge in [-0.05, 0) is 59.0 Å². The number of amides is 2. The normalized spacial score (nSPS) is 15.6. The van der Waals surface area contributed by atoms with Crippen molar-refractivity contribution in [2.24, 2.45) is 11.8 Å². The minimum atomic E-state index is -1.14. The highest BCUT2D eigenvalue weighted by atomic mass is 127. The first-order chi connectivity index (χ1) is 20.3. The zero-order chi connectivity index (χ0) is 34.2. The topological polar surface area (TPSA) is 132 Å². The molecule has 0 bridgehead atoms. The SMILES string of the molecule is C/C=C/C[C@@H](C)[C@@H](OC(=O)CN(C)C(=O)[C@H](CCC(C)C[N+](C)(C)C)NC(=O)OC(C)OC(C)=O)[C@@H](C(C)=O)N(C)CCC.[I-]. The number of ketones is 1. The average molecular weight is 755 g/mol. The van der Waals surface area contributed by atoms with E-state index in [4.69, 9.17) is 14.2 Å². The molecule has 13 heteroatoms. The van der Waals surface area contributed by atoms with Crippen molar-refractivity contribution in [2.75, 3.05) is 54.9 Å². The van der Waals surface area contributed by atoms with Crippen molar-refractivity contribution < 1.29 is 66.6 Å². The van der Waals surface area contributed by atoms with Crippen molar-refractivity contribution in [3.05, 3.63) is 12.2 Å². The largest absolute Gasteiger partial charge is 1.00 e. The van der Waals surface area contributed by atoms with E-state index in [0.717, 1.165) is 17.4 Å². The number of nitrogens with zero attached hydrogens (tertiary/aromatic N) is 3. The first kappa shape index (κ1) is 44.9. The summed E-state index contributed by atoms with van der Waals surface area (Å²) in [6.45, 7) is 13.1. The lowest BCUT2D eigenvalue weighted by molar-refractivity contribution is -0.873. The minimum Gasteiger partial charge on any atom is -1.00 e. The van der Waals surface area contributed by atoms with Gasteiger partial charge in [0, 0.05) is 26.8 Å². The summed E-state index contributed by atoms with van der Waals surface area (Å²) in [5, 5.41) is 2.58. The van der Waals surface area contributed by atoms with Crippen LogP contribution in [-0.2, 0) is 33.4 Å². The van der Waals surface area contributed by atoms with Crippen LogP contribution in [0.4, 0.5) is 4.79 Å². The lowest BCUT2D eigenvalue weighted by Crippen LogP contribution is -3.00. The molecule has 0 fully saturated rings. The second kappa shape index (κ2) is 22.3. The van der Waals surface area contributed by atoms with Crippen LogP contribution in [0.15, 0.2) is 12.2 Å². The molecule has 0 rings (SSSR count). The fourth-order valence-corrected chi connectivity index (χ4v) is 5.31. The Morgan fingerprint density at radius 3 is 2.02 bits per heavy atom. The number of nitrogens with one attached hydrogen (secondary N) is 1. The highest BCUT2D eigenvalue weighted by Gasteiger charge is 2.36. The lowest BCUT2D eigenvalue weighted by Gasteiger charge is -2.36. The van der Waals surface area contributed by atoms with Crippen molar-refractivity contribution in [2.45, 2.75) is 98.6 Å². The second-order valence-corrected chi connectivity index (χ2v) is 12.9. The van der Waals surface area contributed by atoms with Crippen LogP contribution < -0.4 is 29.3 Å². The Balaban J connectivity index is 0. The number of hydrogen-bond donors (Lipinski definition) is 1. The summed E-state index contributed by atoms with van der Waals surface area (Å²) in [5.41, 5.74) is 0. The predicted octanol–water partition coefficient (Wildman–Crippen LogP) is 0.389. The highest BCUT2D eigenvalue weighted by molar-refractivity contribution is 5.88. The molecule has 1 N–H and O–H groups in total. The van der Waals surface area contributed by atoms with Crippen LogP contribution in [0.2, 0.25) is 0 Å². The summed E-state index contributed by atoms with van der Waals surface area (Å²) in [6.07, 6.45) is 3.44. The van der Waals surface area contributed by atoms with E-state index in [1.807, 2.05) is 44.9 Å². The first-order valence-electron chi connectivity index (χ1n) is 15.5. The fourth-order valence-electron chi connectivity index (χ4n) is 5.31. The van der Waals surface area contributed by atoms with Gasteiger partial charge in [0.2, 0.25) is 12.2 Å². The quantitative estimate of drug-likeness (QED) is 0.0617. The number of esters is 2. The van der Waals surface area contributed by atoms with Crippen molar-refractivity contribution in [1.29, 1.82) is 0 Å². The van der Waals surface area contributed by atoms with Crippen molar-refractivity contribution >= 4 is 29.7 Å². The number of likely N-dealkylation sites (N-methyl/N-ethyl adjacent to an activating group) is 2. The molecule has 45 heavy (non-hydrogen) atoms. The molecule has 0 saturated carbocycles. The number of alkyl carbamates (subject to hydrolysis) is 1. The zero-order valence-electron chi connectivity index (χ0n) is 29.6. The van der Waals surface area contributed by atoms with Gasteiger partial charge in [-0.3, -0.25) is 24.1 Å². The molecule has 2 unspecified atom stereocenters. The van der Waals surface area contributed by atoms with Crippen molar-refractivity contribution in [3.8, 4) is 0 Å². The molecule has 2 amide bonds. The van der Waals surface area contributed by atoms with Crippen molar-refractivity contribution in [3.63, 3.8) is 0 Å². The third-order valence-electron chi connectivity index (χ3n) is 7.10. The summed E-state index contributed by atoms with van der Waals surface area (Å²) in [6, 6.07) is -1.63. The van der Waals surface area contributed by atoms with E-state index >= 15 is 0 Å². The van der Waals surface area contributed by atoms with Gasteiger partial charge in [0.1, 0.15) is 24.7 Å². The van der Waals surface area contributed by atoms with E-state index in [0.29, 0.717) is 25.8 Å². The summed E-state index contributed by atoms with van der Waals surface area (Å²) in [4.78, 5) is 66.5. The van der Waals surface area contributed by atoms with Crippen LogP contribution >= 0.6 is 0 Å². The maximum atomic E-state index is 13.6. The molecule has 0 aliphatic carbocycles. The number of hydrogen-bond acceptors (Lipinski definition) is 9. The third-order valence-corrected chi connectivity index (χ3v) is 7.10. The maximum absolute atomic E-state index is 13.6. The fraction of sp³-hybridized carbons (Fsp3) is 0.781. The molecular formula is C32H59IN4O8. The Morgan fingerprint density at radius 2 is 1.53 bits per heavy atom. The van der Waals surface area contributed by atoms with E-state index in [1.54, 1.807) is 0 Å². The molecular weight excluding hydrogens is 695 g/mol. The summed E-state index contributed by atoms with van der Waals surface area (Å²) < 4.78 is 16.6. The van der Waals surface area contributed by atoms with Gasteiger partial charge in [-0.1, -0.05) is 32.9 Å². The van der Waals surface area contributed by atoms with Gasteiger partial charge in [-0.25, -0.2) is 4.79 Å². The Hall–Kier alpha value is -2.26. The Bertz CT molecular complexity index is 971. The van der Waals surface area contributed by atoms with Crippen LogP contribution in [0.1, 0.15) is 74.1 Å². The van der Waals surface area contributed by atoms with Crippen molar-refractivity contribution in [1.82, 2.24) is 15.1 Å². The Morgan fingerprint density at radius 1 is 0.933 bits per heavy atom. The summed E-state index contributed by atoms with van der Waals surface area (Å²) in [5.74, 6) is -1.79. The van der Waals surface area contributed by atoms with Gasteiger partial charge < -0.3 is 52.9 Å². The first-order valence-corrected chi connectivity index (χ1v) is 15.5. The smallest absolute Gasteiger partial charge is 0.410 e. The number of quaternary nitrogens is 1. The van der Waals surface area contributed by atoms with Crippen LogP contribution in [0.25, 0.3) is 0 Å². The number of halogens is 1. The van der Waals surface area contributed by atoms with Crippen LogP contribution in [-0.4, -0.2) is 123 Å². The molecule has 0 aliphatic rings. The monoisotopic (exact) mass is 754 g/mol. The molecule has 0 aromatic rings. The highest BCUT2D eigenvalue weighted by Crippen LogP contribution is 2.22. The van der Waals surface area contributed by atoms with E-state index in [2.05, 4.69) is 33.4 Å². The van der Waals surface area contributed by atoms with E-state index in [1.165, 1.54) is 32.7 Å². The molecule has 0 spiro atoms. The van der Waals surface area contributed by atoms with Gasteiger partial charge in [0.15, 0.2) is 5.78 Å². The van der Waals surface area contributed by atoms with E-state index in [-0.39, 0.29) is 48.1 Å². The number of allylic oxidation sites excluding steroid dienone is 2. The van der Waals surface area contributed by atoms with Gasteiger partial charge in [0.25, 0.3) is 0 Å². The van der Waals surface area contributed by atoms with Gasteiger partial charge in [0.05, 0.1) is 27.7 Å². The van der Waals surface area contributed by atoms with Gasteiger partial charge in [-0.15, -0.1) is 0 Å². The molecule has 0 heterocycles. The summed E-state index contributed by atoms with van der Waals surface area (Å²) in [7, 11) is 9.53. The number of carbonyl (C=O) groups is 5. The minimum absolute atomic E-state index is 0. The summed E-state index contributed by atoms with van der Waals surface area (Å²) >= 11 is 0. The van der Waals surface area contributed by atoms with Gasteiger partial charge in [-0.2, -0.15) is 0 Å². The number of ether oxygens (including phenoxy) is 3. The molecule has 0 aliphatic heterocycles. The standard InChI is InChI=1S/C32H58N4O8.HI/c1-13-15-16-23(4)30(29(24(5)37)34(8)19-14-2)44-28(39)20-35(9)31(40)27(18-17-22(3)21-36(10,11)12)33-32(41)43-26(7)42-25(6)38;/h13,15,22-23,26-27,29-30H,14,16-21H2,1-12H3;1H/b15-13+;/t22?,23-,26?,27+,29-,30-;/m1./s1. The van der Waals surface area contributed by atoms with E-state index in [9.17, 15) is 24.0 Å². The molecule has 0 saturated heterocycles. The predicted molar refractivity (Wildman–Crippen MR) is 169 cm³/mol.